The summed E-state index contributed by atoms with van der Waals surface area (Å²) in [5.41, 5.74) is -0.543. The molecule has 1 aliphatic rings. The van der Waals surface area contributed by atoms with Crippen molar-refractivity contribution < 1.29 is 37.4 Å². The van der Waals surface area contributed by atoms with Crippen LogP contribution in [0.4, 0.5) is 18.9 Å². The highest BCUT2D eigenvalue weighted by Gasteiger charge is 2.33. The number of alkyl halides is 3. The second-order valence-corrected chi connectivity index (χ2v) is 6.95. The Morgan fingerprint density at radius 1 is 0.875 bits per heavy atom. The highest BCUT2D eigenvalue weighted by Crippen LogP contribution is 2.38. The van der Waals surface area contributed by atoms with Crippen LogP contribution in [-0.2, 0) is 11.0 Å². The molecule has 0 aromatic heterocycles. The number of benzene rings is 3. The van der Waals surface area contributed by atoms with Crippen LogP contribution in [0.3, 0.4) is 0 Å². The van der Waals surface area contributed by atoms with E-state index in [1.807, 2.05) is 0 Å². The zero-order valence-electron chi connectivity index (χ0n) is 16.2. The van der Waals surface area contributed by atoms with E-state index in [9.17, 15) is 32.7 Å². The van der Waals surface area contributed by atoms with Crippen LogP contribution in [0.15, 0.2) is 60.7 Å². The molecule has 2 N–H and O–H groups in total. The molecule has 3 aromatic rings. The third kappa shape index (κ3) is 3.80. The van der Waals surface area contributed by atoms with Crippen LogP contribution in [0.25, 0.3) is 0 Å². The maximum atomic E-state index is 12.8. The Morgan fingerprint density at radius 3 is 2.12 bits per heavy atom. The number of anilines is 1. The van der Waals surface area contributed by atoms with E-state index in [-0.39, 0.29) is 33.7 Å². The fourth-order valence-electron chi connectivity index (χ4n) is 3.35. The van der Waals surface area contributed by atoms with E-state index < -0.39 is 41.6 Å². The van der Waals surface area contributed by atoms with Gasteiger partial charge in [0, 0.05) is 22.4 Å². The lowest BCUT2D eigenvalue weighted by molar-refractivity contribution is -0.137. The number of halogens is 3. The average molecular weight is 441 g/mol. The molecule has 0 radical (unpaired) electrons. The molecule has 0 aliphatic heterocycles. The summed E-state index contributed by atoms with van der Waals surface area (Å²) in [6, 6.07) is 12.7. The number of aromatic hydroxyl groups is 1. The minimum absolute atomic E-state index is 0.0211. The number of amides is 1. The first-order valence-electron chi connectivity index (χ1n) is 9.31. The first-order chi connectivity index (χ1) is 15.2. The summed E-state index contributed by atoms with van der Waals surface area (Å²) in [4.78, 5) is 37.5. The second-order valence-electron chi connectivity index (χ2n) is 6.95. The van der Waals surface area contributed by atoms with E-state index in [0.717, 1.165) is 24.3 Å². The van der Waals surface area contributed by atoms with Gasteiger partial charge in [-0.3, -0.25) is 14.4 Å². The van der Waals surface area contributed by atoms with Gasteiger partial charge in [0.05, 0.1) is 11.1 Å². The van der Waals surface area contributed by atoms with Gasteiger partial charge in [-0.05, 0) is 36.4 Å². The van der Waals surface area contributed by atoms with E-state index in [2.05, 4.69) is 5.32 Å². The van der Waals surface area contributed by atoms with Crippen molar-refractivity contribution in [2.24, 2.45) is 0 Å². The molecule has 0 saturated carbocycles. The number of hydrogen-bond donors (Lipinski definition) is 2. The monoisotopic (exact) mass is 441 g/mol. The largest absolute Gasteiger partial charge is 0.504 e. The van der Waals surface area contributed by atoms with Crippen molar-refractivity contribution in [2.45, 2.75) is 6.18 Å². The molecule has 0 atom stereocenters. The third-order valence-corrected chi connectivity index (χ3v) is 4.88. The summed E-state index contributed by atoms with van der Waals surface area (Å²) in [6.07, 6.45) is -4.49. The number of ketones is 2. The molecule has 4 rings (SSSR count). The van der Waals surface area contributed by atoms with Gasteiger partial charge in [-0.25, -0.2) is 0 Å². The van der Waals surface area contributed by atoms with Crippen molar-refractivity contribution in [3.05, 3.63) is 88.5 Å². The Labute approximate surface area is 179 Å². The summed E-state index contributed by atoms with van der Waals surface area (Å²) >= 11 is 0. The highest BCUT2D eigenvalue weighted by atomic mass is 19.4. The molecular formula is C23H14F3NO5. The molecule has 1 aliphatic carbocycles. The first-order valence-corrected chi connectivity index (χ1v) is 9.31. The van der Waals surface area contributed by atoms with E-state index in [0.29, 0.717) is 0 Å². The predicted molar refractivity (Wildman–Crippen MR) is 107 cm³/mol. The van der Waals surface area contributed by atoms with Crippen molar-refractivity contribution in [3.63, 3.8) is 0 Å². The Kier molecular flexibility index (Phi) is 5.17. The Morgan fingerprint density at radius 2 is 1.50 bits per heavy atom. The number of phenolic OH excluding ortho intramolecular Hbond substituents is 1. The zero-order chi connectivity index (χ0) is 23.0. The minimum atomic E-state index is -4.49. The lowest BCUT2D eigenvalue weighted by Crippen LogP contribution is -2.22. The number of hydrogen-bond acceptors (Lipinski definition) is 5. The third-order valence-electron chi connectivity index (χ3n) is 4.88. The van der Waals surface area contributed by atoms with Gasteiger partial charge in [0.15, 0.2) is 29.7 Å². The second kappa shape index (κ2) is 7.84. The number of nitrogens with one attached hydrogen (secondary N) is 1. The Balaban J connectivity index is 1.48. The quantitative estimate of drug-likeness (QED) is 0.495. The predicted octanol–water partition coefficient (Wildman–Crippen LogP) is 4.20. The van der Waals surface area contributed by atoms with Crippen molar-refractivity contribution in [2.75, 3.05) is 11.9 Å². The molecule has 6 nitrogen and oxygen atoms in total. The van der Waals surface area contributed by atoms with E-state index in [1.54, 1.807) is 12.1 Å². The number of carbonyl (C=O) groups excluding carboxylic acids is 3. The van der Waals surface area contributed by atoms with Crippen molar-refractivity contribution in [1.82, 2.24) is 0 Å². The van der Waals surface area contributed by atoms with Crippen LogP contribution in [0.5, 0.6) is 11.5 Å². The maximum absolute atomic E-state index is 12.8. The van der Waals surface area contributed by atoms with Crippen LogP contribution >= 0.6 is 0 Å². The van der Waals surface area contributed by atoms with E-state index in [4.69, 9.17) is 4.74 Å². The van der Waals surface area contributed by atoms with Gasteiger partial charge in [0.2, 0.25) is 0 Å². The molecule has 0 unspecified atom stereocenters. The van der Waals surface area contributed by atoms with Crippen molar-refractivity contribution in [1.29, 1.82) is 0 Å². The van der Waals surface area contributed by atoms with Gasteiger partial charge in [0.1, 0.15) is 0 Å². The fraction of sp³-hybridized carbons (Fsp3) is 0.0870. The molecule has 9 heteroatoms. The number of fused-ring (bicyclic) bond motifs is 2. The van der Waals surface area contributed by atoms with Gasteiger partial charge in [0.25, 0.3) is 5.91 Å². The average Bonchev–Trinajstić information content (AvgIpc) is 2.76. The van der Waals surface area contributed by atoms with Gasteiger partial charge in [-0.1, -0.05) is 24.3 Å². The molecule has 0 fully saturated rings. The number of carbonyl (C=O) groups is 3. The van der Waals surface area contributed by atoms with Gasteiger partial charge in [-0.2, -0.15) is 13.2 Å². The van der Waals surface area contributed by atoms with E-state index in [1.165, 1.54) is 24.3 Å². The van der Waals surface area contributed by atoms with Crippen molar-refractivity contribution >= 4 is 23.2 Å². The molecular weight excluding hydrogens is 427 g/mol. The van der Waals surface area contributed by atoms with Gasteiger partial charge >= 0.3 is 6.18 Å². The number of phenols is 1. The zero-order valence-corrected chi connectivity index (χ0v) is 16.2. The molecule has 0 bridgehead atoms. The summed E-state index contributed by atoms with van der Waals surface area (Å²) in [6.45, 7) is -0.591. The maximum Gasteiger partial charge on any atom is 0.416 e. The fourth-order valence-corrected chi connectivity index (χ4v) is 3.35. The summed E-state index contributed by atoms with van der Waals surface area (Å²) in [5, 5.41) is 12.9. The molecule has 32 heavy (non-hydrogen) atoms. The van der Waals surface area contributed by atoms with Crippen LogP contribution in [0, 0.1) is 0 Å². The highest BCUT2D eigenvalue weighted by molar-refractivity contribution is 6.29. The lowest BCUT2D eigenvalue weighted by Gasteiger charge is -2.19. The molecule has 0 spiro atoms. The molecule has 162 valence electrons. The Bertz CT molecular complexity index is 1250. The van der Waals surface area contributed by atoms with Crippen LogP contribution in [-0.4, -0.2) is 29.2 Å². The smallest absolute Gasteiger partial charge is 0.416 e. The van der Waals surface area contributed by atoms with E-state index >= 15 is 0 Å². The summed E-state index contributed by atoms with van der Waals surface area (Å²) < 4.78 is 43.1. The lowest BCUT2D eigenvalue weighted by atomic mass is 9.83. The minimum Gasteiger partial charge on any atom is -0.504 e. The van der Waals surface area contributed by atoms with Crippen LogP contribution < -0.4 is 10.1 Å². The Hall–Kier alpha value is -4.14. The van der Waals surface area contributed by atoms with Crippen LogP contribution in [0.2, 0.25) is 0 Å². The van der Waals surface area contributed by atoms with Gasteiger partial charge in [-0.15, -0.1) is 0 Å². The van der Waals surface area contributed by atoms with Crippen LogP contribution in [0.1, 0.15) is 37.4 Å². The van der Waals surface area contributed by atoms with Crippen molar-refractivity contribution in [3.8, 4) is 11.5 Å². The van der Waals surface area contributed by atoms with Gasteiger partial charge < -0.3 is 15.2 Å². The summed E-state index contributed by atoms with van der Waals surface area (Å²) in [5.74, 6) is -2.43. The normalized spacial score (nSPS) is 12.7. The summed E-state index contributed by atoms with van der Waals surface area (Å²) in [7, 11) is 0. The number of ether oxygens (including phenoxy) is 1. The molecule has 1 amide bonds. The molecule has 0 saturated heterocycles. The standard InChI is InChI=1S/C23H14F3NO5/c24-23(25,26)12-5-7-13(8-6-12)27-18(28)11-32-17-10-9-16-19(22(17)31)21(30)15-4-2-1-3-14(15)20(16)29/h1-10,31H,11H2,(H,27,28). The first kappa shape index (κ1) is 21.1. The molecule has 3 aromatic carbocycles. The molecule has 0 heterocycles. The number of rotatable bonds is 4. The SMILES string of the molecule is O=C(COc1ccc2c(c1O)C(=O)c1ccccc1C2=O)Nc1ccc(C(F)(F)F)cc1. The topological polar surface area (TPSA) is 92.7 Å².